The number of halogens is 2. The molecule has 1 aromatic heterocycles. The van der Waals surface area contributed by atoms with E-state index in [4.69, 9.17) is 0 Å². The lowest BCUT2D eigenvalue weighted by atomic mass is 10.1. The van der Waals surface area contributed by atoms with Crippen LogP contribution >= 0.6 is 11.3 Å². The fraction of sp³-hybridized carbons (Fsp3) is 0.292. The van der Waals surface area contributed by atoms with Gasteiger partial charge in [-0.2, -0.15) is 0 Å². The number of aromatic nitrogens is 1. The highest BCUT2D eigenvalue weighted by Gasteiger charge is 2.54. The number of carbonyl (C=O) groups excluding carboxylic acids is 2. The van der Waals surface area contributed by atoms with Gasteiger partial charge in [0.25, 0.3) is 11.8 Å². The van der Waals surface area contributed by atoms with Gasteiger partial charge in [0.05, 0.1) is 15.9 Å². The highest BCUT2D eigenvalue weighted by molar-refractivity contribution is 7.15. The number of rotatable bonds is 5. The first-order valence-electron chi connectivity index (χ1n) is 10.5. The lowest BCUT2D eigenvalue weighted by molar-refractivity contribution is 0.0690. The number of thiazole rings is 1. The summed E-state index contributed by atoms with van der Waals surface area (Å²) in [6.45, 7) is 2.77. The second-order valence-corrected chi connectivity index (χ2v) is 9.53. The molecule has 2 heterocycles. The lowest BCUT2D eigenvalue weighted by Crippen LogP contribution is -2.45. The standard InChI is InChI=1S/C24H21F2N3O2S/c1-13-28-21(22(32-13)15-3-2-4-18(26)9-15)24(31)29-12-16-10-19(16)20(29)11-27-23(30)14-5-7-17(25)8-6-14/h2-9,16,19-20H,10-12H2,1H3,(H,27,30). The van der Waals surface area contributed by atoms with Crippen molar-refractivity contribution >= 4 is 23.2 Å². The number of carbonyl (C=O) groups is 2. The third kappa shape index (κ3) is 3.90. The Morgan fingerprint density at radius 2 is 1.94 bits per heavy atom. The number of amides is 2. The van der Waals surface area contributed by atoms with Crippen molar-refractivity contribution in [1.82, 2.24) is 15.2 Å². The van der Waals surface area contributed by atoms with E-state index >= 15 is 0 Å². The number of nitrogens with one attached hydrogen (secondary N) is 1. The molecule has 2 aliphatic rings. The molecule has 1 aliphatic carbocycles. The predicted octanol–water partition coefficient (Wildman–Crippen LogP) is 4.29. The summed E-state index contributed by atoms with van der Waals surface area (Å²) < 4.78 is 26.9. The number of nitrogens with zero attached hydrogens (tertiary/aromatic N) is 2. The lowest BCUT2D eigenvalue weighted by Gasteiger charge is -2.27. The summed E-state index contributed by atoms with van der Waals surface area (Å²) in [6, 6.07) is 11.4. The smallest absolute Gasteiger partial charge is 0.274 e. The third-order valence-corrected chi connectivity index (χ3v) is 7.19. The minimum Gasteiger partial charge on any atom is -0.350 e. The molecule has 0 bridgehead atoms. The molecule has 5 rings (SSSR count). The first-order chi connectivity index (χ1) is 15.4. The van der Waals surface area contributed by atoms with E-state index in [0.29, 0.717) is 46.6 Å². The molecule has 8 heteroatoms. The number of piperidine rings is 1. The van der Waals surface area contributed by atoms with E-state index in [-0.39, 0.29) is 23.7 Å². The van der Waals surface area contributed by atoms with Crippen LogP contribution in [0.5, 0.6) is 0 Å². The van der Waals surface area contributed by atoms with Crippen LogP contribution in [0, 0.1) is 30.4 Å². The van der Waals surface area contributed by atoms with Crippen molar-refractivity contribution in [3.05, 3.63) is 76.4 Å². The molecule has 32 heavy (non-hydrogen) atoms. The van der Waals surface area contributed by atoms with E-state index in [1.165, 1.54) is 47.7 Å². The van der Waals surface area contributed by atoms with Crippen LogP contribution in [-0.4, -0.2) is 40.8 Å². The Morgan fingerprint density at radius 1 is 1.16 bits per heavy atom. The Morgan fingerprint density at radius 3 is 2.69 bits per heavy atom. The largest absolute Gasteiger partial charge is 0.350 e. The molecule has 1 aliphatic heterocycles. The summed E-state index contributed by atoms with van der Waals surface area (Å²) in [5, 5.41) is 3.62. The summed E-state index contributed by atoms with van der Waals surface area (Å²) in [4.78, 5) is 32.9. The Bertz CT molecular complexity index is 1190. The highest BCUT2D eigenvalue weighted by atomic mass is 32.1. The topological polar surface area (TPSA) is 62.3 Å². The van der Waals surface area contributed by atoms with Gasteiger partial charge in [-0.25, -0.2) is 13.8 Å². The normalized spacial score (nSPS) is 21.3. The summed E-state index contributed by atoms with van der Waals surface area (Å²) >= 11 is 1.37. The van der Waals surface area contributed by atoms with Crippen LogP contribution < -0.4 is 5.32 Å². The molecule has 164 valence electrons. The molecule has 1 N–H and O–H groups in total. The minimum atomic E-state index is -0.400. The van der Waals surface area contributed by atoms with Crippen LogP contribution in [0.4, 0.5) is 8.78 Å². The third-order valence-electron chi connectivity index (χ3n) is 6.17. The van der Waals surface area contributed by atoms with Gasteiger partial charge in [0, 0.05) is 18.7 Å². The average Bonchev–Trinajstić information content (AvgIpc) is 3.29. The molecular formula is C24H21F2N3O2S. The summed E-state index contributed by atoms with van der Waals surface area (Å²) in [7, 11) is 0. The van der Waals surface area contributed by atoms with E-state index in [1.54, 1.807) is 17.0 Å². The minimum absolute atomic E-state index is 0.126. The molecule has 2 fully saturated rings. The van der Waals surface area contributed by atoms with Crippen LogP contribution in [0.1, 0.15) is 32.3 Å². The fourth-order valence-corrected chi connectivity index (χ4v) is 5.41. The summed E-state index contributed by atoms with van der Waals surface area (Å²) in [5.74, 6) is -0.472. The molecule has 3 atom stereocenters. The maximum absolute atomic E-state index is 13.8. The number of hydrogen-bond acceptors (Lipinski definition) is 4. The first-order valence-corrected chi connectivity index (χ1v) is 11.3. The molecule has 0 radical (unpaired) electrons. The Kier molecular flexibility index (Phi) is 5.25. The van der Waals surface area contributed by atoms with Crippen molar-refractivity contribution in [3.63, 3.8) is 0 Å². The van der Waals surface area contributed by atoms with Gasteiger partial charge in [-0.15, -0.1) is 11.3 Å². The Labute approximate surface area is 188 Å². The summed E-state index contributed by atoms with van der Waals surface area (Å²) in [6.07, 6.45) is 1.04. The van der Waals surface area contributed by atoms with E-state index in [9.17, 15) is 18.4 Å². The van der Waals surface area contributed by atoms with E-state index < -0.39 is 5.82 Å². The maximum Gasteiger partial charge on any atom is 0.274 e. The van der Waals surface area contributed by atoms with Crippen molar-refractivity contribution in [2.45, 2.75) is 19.4 Å². The molecule has 5 nitrogen and oxygen atoms in total. The maximum atomic E-state index is 13.8. The van der Waals surface area contributed by atoms with Gasteiger partial charge in [0.2, 0.25) is 0 Å². The van der Waals surface area contributed by atoms with Gasteiger partial charge in [-0.3, -0.25) is 9.59 Å². The Hall–Kier alpha value is -3.13. The van der Waals surface area contributed by atoms with Gasteiger partial charge in [-0.05, 0) is 67.1 Å². The van der Waals surface area contributed by atoms with Crippen LogP contribution in [0.25, 0.3) is 10.4 Å². The Balaban J connectivity index is 1.35. The molecule has 2 amide bonds. The van der Waals surface area contributed by atoms with Crippen molar-refractivity contribution in [1.29, 1.82) is 0 Å². The van der Waals surface area contributed by atoms with E-state index in [0.717, 1.165) is 11.4 Å². The summed E-state index contributed by atoms with van der Waals surface area (Å²) in [5.41, 5.74) is 1.33. The molecular weight excluding hydrogens is 432 g/mol. The number of fused-ring (bicyclic) bond motifs is 1. The van der Waals surface area contributed by atoms with Crippen LogP contribution in [-0.2, 0) is 0 Å². The second kappa shape index (κ2) is 8.09. The zero-order valence-corrected chi connectivity index (χ0v) is 18.2. The van der Waals surface area contributed by atoms with Gasteiger partial charge in [0.15, 0.2) is 0 Å². The first kappa shape index (κ1) is 20.8. The van der Waals surface area contributed by atoms with E-state index in [1.807, 2.05) is 6.92 Å². The van der Waals surface area contributed by atoms with Crippen molar-refractivity contribution in [3.8, 4) is 10.4 Å². The zero-order valence-electron chi connectivity index (χ0n) is 17.3. The van der Waals surface area contributed by atoms with Gasteiger partial charge in [0.1, 0.15) is 17.3 Å². The molecule has 1 saturated carbocycles. The number of hydrogen-bond donors (Lipinski definition) is 1. The van der Waals surface area contributed by atoms with E-state index in [2.05, 4.69) is 10.3 Å². The number of aryl methyl sites for hydroxylation is 1. The molecule has 3 aromatic rings. The quantitative estimate of drug-likeness (QED) is 0.627. The monoisotopic (exact) mass is 453 g/mol. The van der Waals surface area contributed by atoms with Crippen molar-refractivity contribution < 1.29 is 18.4 Å². The van der Waals surface area contributed by atoms with Gasteiger partial charge >= 0.3 is 0 Å². The molecule has 3 unspecified atom stereocenters. The van der Waals surface area contributed by atoms with Gasteiger partial charge in [-0.1, -0.05) is 12.1 Å². The SMILES string of the molecule is Cc1nc(C(=O)N2CC3CC3C2CNC(=O)c2ccc(F)cc2)c(-c2cccc(F)c2)s1. The molecule has 1 saturated heterocycles. The predicted molar refractivity (Wildman–Crippen MR) is 117 cm³/mol. The number of likely N-dealkylation sites (tertiary alicyclic amines) is 1. The second-order valence-electron chi connectivity index (χ2n) is 8.32. The van der Waals surface area contributed by atoms with Crippen molar-refractivity contribution in [2.75, 3.05) is 13.1 Å². The fourth-order valence-electron chi connectivity index (χ4n) is 4.50. The van der Waals surface area contributed by atoms with Crippen LogP contribution in [0.2, 0.25) is 0 Å². The van der Waals surface area contributed by atoms with Gasteiger partial charge < -0.3 is 10.2 Å². The van der Waals surface area contributed by atoms with Crippen LogP contribution in [0.15, 0.2) is 48.5 Å². The highest BCUT2D eigenvalue weighted by Crippen LogP contribution is 2.50. The molecule has 0 spiro atoms. The number of benzene rings is 2. The molecule has 2 aromatic carbocycles. The average molecular weight is 454 g/mol. The zero-order chi connectivity index (χ0) is 22.4. The van der Waals surface area contributed by atoms with Crippen LogP contribution in [0.3, 0.4) is 0 Å². The van der Waals surface area contributed by atoms with Crippen molar-refractivity contribution in [2.24, 2.45) is 11.8 Å².